The molecule has 4 aromatic rings. The first-order chi connectivity index (χ1) is 15.0. The minimum atomic E-state index is -0.496. The van der Waals surface area contributed by atoms with E-state index in [1.807, 2.05) is 62.6 Å². The molecular formula is C22H19BrN4O2S2. The van der Waals surface area contributed by atoms with Gasteiger partial charge in [0.25, 0.3) is 0 Å². The number of carbonyl (C=O) groups excluding carboxylic acids is 1. The van der Waals surface area contributed by atoms with Crippen LogP contribution in [0.3, 0.4) is 0 Å². The van der Waals surface area contributed by atoms with E-state index in [9.17, 15) is 4.79 Å². The lowest BCUT2D eigenvalue weighted by atomic mass is 10.1. The van der Waals surface area contributed by atoms with E-state index in [0.717, 1.165) is 27.4 Å². The van der Waals surface area contributed by atoms with Crippen molar-refractivity contribution in [1.82, 2.24) is 19.1 Å². The Morgan fingerprint density at radius 2 is 2.00 bits per heavy atom. The van der Waals surface area contributed by atoms with Crippen LogP contribution in [0.5, 0.6) is 0 Å². The maximum absolute atomic E-state index is 12.6. The van der Waals surface area contributed by atoms with E-state index in [1.54, 1.807) is 4.68 Å². The Morgan fingerprint density at radius 1 is 1.19 bits per heavy atom. The van der Waals surface area contributed by atoms with E-state index in [1.165, 1.54) is 23.3 Å². The summed E-state index contributed by atoms with van der Waals surface area (Å²) < 4.78 is 12.1. The van der Waals surface area contributed by atoms with Crippen LogP contribution in [0, 0.1) is 13.8 Å². The zero-order chi connectivity index (χ0) is 22.0. The quantitative estimate of drug-likeness (QED) is 0.235. The molecule has 2 aromatic heterocycles. The minimum Gasteiger partial charge on any atom is -0.450 e. The number of benzene rings is 2. The average molecular weight is 515 g/mol. The molecule has 0 atom stereocenters. The highest BCUT2D eigenvalue weighted by molar-refractivity contribution is 9.10. The van der Waals surface area contributed by atoms with Crippen molar-refractivity contribution in [3.63, 3.8) is 0 Å². The van der Waals surface area contributed by atoms with Crippen LogP contribution in [0.15, 0.2) is 53.0 Å². The van der Waals surface area contributed by atoms with Crippen LogP contribution < -0.4 is 0 Å². The number of hydrogen-bond donors (Lipinski definition) is 0. The summed E-state index contributed by atoms with van der Waals surface area (Å²) in [5, 5.41) is 5.38. The van der Waals surface area contributed by atoms with Gasteiger partial charge in [0.05, 0.1) is 10.2 Å². The molecule has 0 aliphatic heterocycles. The predicted molar refractivity (Wildman–Crippen MR) is 129 cm³/mol. The molecule has 31 heavy (non-hydrogen) atoms. The fraction of sp³-hybridized carbons (Fsp3) is 0.182. The molecule has 158 valence electrons. The van der Waals surface area contributed by atoms with E-state index in [0.29, 0.717) is 16.0 Å². The van der Waals surface area contributed by atoms with Crippen LogP contribution >= 0.6 is 39.2 Å². The Morgan fingerprint density at radius 3 is 2.74 bits per heavy atom. The molecule has 0 saturated heterocycles. The van der Waals surface area contributed by atoms with E-state index >= 15 is 0 Å². The molecule has 0 bridgehead atoms. The third kappa shape index (κ3) is 4.44. The van der Waals surface area contributed by atoms with Gasteiger partial charge in [-0.3, -0.25) is 0 Å². The van der Waals surface area contributed by atoms with E-state index in [-0.39, 0.29) is 11.6 Å². The van der Waals surface area contributed by atoms with Crippen molar-refractivity contribution in [3.05, 3.63) is 69.8 Å². The summed E-state index contributed by atoms with van der Waals surface area (Å²) in [5.74, 6) is 0.251. The fourth-order valence-electron chi connectivity index (χ4n) is 3.09. The second-order valence-electron chi connectivity index (χ2n) is 6.84. The molecule has 0 aliphatic carbocycles. The second-order valence-corrected chi connectivity index (χ2v) is 9.20. The van der Waals surface area contributed by atoms with Gasteiger partial charge in [-0.25, -0.2) is 14.5 Å². The molecule has 0 unspecified atom stereocenters. The highest BCUT2D eigenvalue weighted by atomic mass is 79.9. The van der Waals surface area contributed by atoms with Gasteiger partial charge in [-0.15, -0.1) is 11.8 Å². The number of thioether (sulfide) groups is 1. The van der Waals surface area contributed by atoms with Crippen LogP contribution in [0.25, 0.3) is 27.8 Å². The molecule has 2 aromatic carbocycles. The number of carbonyl (C=O) groups is 1. The summed E-state index contributed by atoms with van der Waals surface area (Å²) in [7, 11) is 0. The van der Waals surface area contributed by atoms with Gasteiger partial charge in [0.1, 0.15) is 16.6 Å². The normalized spacial score (nSPS) is 11.0. The van der Waals surface area contributed by atoms with Crippen molar-refractivity contribution in [2.24, 2.45) is 0 Å². The Labute approximate surface area is 197 Å². The van der Waals surface area contributed by atoms with E-state index < -0.39 is 5.97 Å². The smallest absolute Gasteiger partial charge is 0.360 e. The number of esters is 1. The highest BCUT2D eigenvalue weighted by Gasteiger charge is 2.27. The van der Waals surface area contributed by atoms with Crippen molar-refractivity contribution in [2.45, 2.75) is 13.8 Å². The number of aromatic nitrogens is 4. The standard InChI is InChI=1S/C22H19BrN4O2S2/c1-13-7-6-9-15(11-13)21-24-20(26-31-21)19-17(23)18(22(28)29-12-30-3)25-27(19)16-10-5-4-8-14(16)2/h4-11H,12H2,1-3H3. The van der Waals surface area contributed by atoms with Gasteiger partial charge < -0.3 is 4.74 Å². The summed E-state index contributed by atoms with van der Waals surface area (Å²) in [6.45, 7) is 4.04. The van der Waals surface area contributed by atoms with Crippen molar-refractivity contribution in [1.29, 1.82) is 0 Å². The van der Waals surface area contributed by atoms with Gasteiger partial charge in [-0.2, -0.15) is 9.47 Å². The lowest BCUT2D eigenvalue weighted by molar-refractivity contribution is 0.0571. The zero-order valence-electron chi connectivity index (χ0n) is 17.1. The summed E-state index contributed by atoms with van der Waals surface area (Å²) >= 11 is 6.30. The number of aryl methyl sites for hydroxylation is 2. The van der Waals surface area contributed by atoms with Crippen LogP contribution in [-0.4, -0.2) is 37.3 Å². The van der Waals surface area contributed by atoms with Crippen LogP contribution in [0.1, 0.15) is 21.6 Å². The number of rotatable bonds is 6. The largest absolute Gasteiger partial charge is 0.450 e. The number of hydrogen-bond acceptors (Lipinski definition) is 7. The van der Waals surface area contributed by atoms with Crippen LogP contribution in [0.4, 0.5) is 0 Å². The number of ether oxygens (including phenoxy) is 1. The molecule has 0 aliphatic rings. The van der Waals surface area contributed by atoms with E-state index in [4.69, 9.17) is 9.72 Å². The maximum atomic E-state index is 12.6. The topological polar surface area (TPSA) is 69.9 Å². The lowest BCUT2D eigenvalue weighted by Crippen LogP contribution is -2.07. The molecular weight excluding hydrogens is 496 g/mol. The first-order valence-corrected chi connectivity index (χ1v) is 12.4. The Hall–Kier alpha value is -2.49. The summed E-state index contributed by atoms with van der Waals surface area (Å²) in [5.41, 5.74) is 4.81. The minimum absolute atomic E-state index is 0.194. The lowest BCUT2D eigenvalue weighted by Gasteiger charge is -2.08. The Bertz CT molecular complexity index is 1250. The molecule has 0 saturated carbocycles. The molecule has 0 amide bonds. The third-order valence-corrected chi connectivity index (χ3v) is 6.44. The first kappa shape index (κ1) is 21.7. The summed E-state index contributed by atoms with van der Waals surface area (Å²) in [4.78, 5) is 17.4. The molecule has 0 fully saturated rings. The first-order valence-electron chi connectivity index (χ1n) is 9.41. The van der Waals surface area contributed by atoms with Crippen molar-refractivity contribution in [3.8, 4) is 27.8 Å². The predicted octanol–water partition coefficient (Wildman–Crippen LogP) is 5.91. The van der Waals surface area contributed by atoms with Gasteiger partial charge in [-0.1, -0.05) is 42.0 Å². The molecule has 6 nitrogen and oxygen atoms in total. The molecule has 0 radical (unpaired) electrons. The number of halogens is 1. The van der Waals surface area contributed by atoms with Crippen LogP contribution in [0.2, 0.25) is 0 Å². The van der Waals surface area contributed by atoms with Crippen molar-refractivity contribution in [2.75, 3.05) is 12.2 Å². The summed E-state index contributed by atoms with van der Waals surface area (Å²) in [6.07, 6.45) is 1.87. The second kappa shape index (κ2) is 9.33. The van der Waals surface area contributed by atoms with E-state index in [2.05, 4.69) is 31.5 Å². The average Bonchev–Trinajstić information content (AvgIpc) is 3.37. The molecule has 0 spiro atoms. The van der Waals surface area contributed by atoms with Gasteiger partial charge in [0.15, 0.2) is 11.5 Å². The van der Waals surface area contributed by atoms with Gasteiger partial charge in [-0.05, 0) is 65.3 Å². The monoisotopic (exact) mass is 514 g/mol. The molecule has 0 N–H and O–H groups in total. The van der Waals surface area contributed by atoms with Gasteiger partial charge in [0, 0.05) is 5.56 Å². The zero-order valence-corrected chi connectivity index (χ0v) is 20.3. The third-order valence-electron chi connectivity index (χ3n) is 4.58. The highest BCUT2D eigenvalue weighted by Crippen LogP contribution is 2.35. The maximum Gasteiger partial charge on any atom is 0.360 e. The van der Waals surface area contributed by atoms with Crippen molar-refractivity contribution < 1.29 is 9.53 Å². The fourth-order valence-corrected chi connectivity index (χ4v) is 4.56. The van der Waals surface area contributed by atoms with Crippen molar-refractivity contribution >= 4 is 45.2 Å². The summed E-state index contributed by atoms with van der Waals surface area (Å²) in [6, 6.07) is 16.0. The van der Waals surface area contributed by atoms with Gasteiger partial charge in [0.2, 0.25) is 0 Å². The molecule has 2 heterocycles. The number of para-hydroxylation sites is 1. The SMILES string of the molecule is CSCOC(=O)c1nn(-c2ccccc2C)c(-c2nsc(-c3cccc(C)c3)n2)c1Br. The Kier molecular flexibility index (Phi) is 6.54. The van der Waals surface area contributed by atoms with Crippen LogP contribution in [-0.2, 0) is 4.74 Å². The molecule has 4 rings (SSSR count). The number of nitrogens with zero attached hydrogens (tertiary/aromatic N) is 4. The molecule has 9 heteroatoms. The van der Waals surface area contributed by atoms with Gasteiger partial charge >= 0.3 is 5.97 Å². The Balaban J connectivity index is 1.86.